The third-order valence-electron chi connectivity index (χ3n) is 2.76. The van der Waals surface area contributed by atoms with E-state index in [0.29, 0.717) is 0 Å². The molecule has 0 fully saturated rings. The van der Waals surface area contributed by atoms with E-state index in [2.05, 4.69) is 5.32 Å². The largest absolute Gasteiger partial charge is 0.481 e. The molecule has 18 heavy (non-hydrogen) atoms. The number of furan rings is 1. The van der Waals surface area contributed by atoms with Crippen LogP contribution in [-0.4, -0.2) is 11.1 Å². The first-order chi connectivity index (χ1) is 8.66. The van der Waals surface area contributed by atoms with E-state index in [1.54, 1.807) is 23.9 Å². The molecule has 0 bridgehead atoms. The fourth-order valence-corrected chi connectivity index (χ4v) is 2.61. The minimum atomic E-state index is -0.805. The van der Waals surface area contributed by atoms with E-state index in [1.807, 2.05) is 30.5 Å². The van der Waals surface area contributed by atoms with E-state index >= 15 is 0 Å². The van der Waals surface area contributed by atoms with Crippen LogP contribution in [0, 0.1) is 0 Å². The first-order valence-electron chi connectivity index (χ1n) is 5.70. The topological polar surface area (TPSA) is 62.5 Å². The quantitative estimate of drug-likeness (QED) is 0.842. The van der Waals surface area contributed by atoms with Crippen molar-refractivity contribution < 1.29 is 14.3 Å². The van der Waals surface area contributed by atoms with Gasteiger partial charge in [-0.05, 0) is 24.4 Å². The van der Waals surface area contributed by atoms with Crippen LogP contribution in [0.1, 0.15) is 35.9 Å². The highest BCUT2D eigenvalue weighted by Crippen LogP contribution is 2.25. The van der Waals surface area contributed by atoms with Crippen molar-refractivity contribution in [1.82, 2.24) is 5.32 Å². The van der Waals surface area contributed by atoms with Crippen molar-refractivity contribution in [3.05, 3.63) is 46.5 Å². The zero-order chi connectivity index (χ0) is 13.0. The Hall–Kier alpha value is -1.59. The molecule has 2 rings (SSSR count). The van der Waals surface area contributed by atoms with Crippen LogP contribution in [0.3, 0.4) is 0 Å². The zero-order valence-electron chi connectivity index (χ0n) is 10.00. The lowest BCUT2D eigenvalue weighted by Gasteiger charge is -2.20. The molecular weight excluding hydrogens is 250 g/mol. The molecule has 0 radical (unpaired) electrons. The lowest BCUT2D eigenvalue weighted by atomic mass is 10.1. The Morgan fingerprint density at radius 2 is 2.39 bits per heavy atom. The Morgan fingerprint density at radius 3 is 2.94 bits per heavy atom. The summed E-state index contributed by atoms with van der Waals surface area (Å²) in [5.74, 6) is -0.805. The molecule has 0 spiro atoms. The first kappa shape index (κ1) is 12.9. The lowest BCUT2D eigenvalue weighted by molar-refractivity contribution is -0.137. The number of hydrogen-bond donors (Lipinski definition) is 2. The van der Waals surface area contributed by atoms with E-state index < -0.39 is 5.97 Å². The minimum absolute atomic E-state index is 0.0511. The fourth-order valence-electron chi connectivity index (χ4n) is 1.83. The second kappa shape index (κ2) is 5.84. The molecule has 0 aliphatic heterocycles. The maximum absolute atomic E-state index is 10.9. The maximum Gasteiger partial charge on any atom is 0.305 e. The van der Waals surface area contributed by atoms with Crippen molar-refractivity contribution in [2.24, 2.45) is 0 Å². The van der Waals surface area contributed by atoms with Gasteiger partial charge in [0.1, 0.15) is 0 Å². The summed E-state index contributed by atoms with van der Waals surface area (Å²) in [4.78, 5) is 12.0. The predicted octanol–water partition coefficient (Wildman–Crippen LogP) is 3.21. The minimum Gasteiger partial charge on any atom is -0.481 e. The highest BCUT2D eigenvalue weighted by atomic mass is 32.1. The standard InChI is InChI=1S/C13H15NO3S/c1-9(10-4-5-17-8-10)14-11(7-13(15)16)12-3-2-6-18-12/h2-6,8-9,11,14H,7H2,1H3,(H,15,16). The van der Waals surface area contributed by atoms with Gasteiger partial charge in [0.2, 0.25) is 0 Å². The molecule has 0 aliphatic carbocycles. The van der Waals surface area contributed by atoms with Crippen LogP contribution in [0.2, 0.25) is 0 Å². The Balaban J connectivity index is 2.08. The van der Waals surface area contributed by atoms with Crippen LogP contribution >= 0.6 is 11.3 Å². The second-order valence-corrected chi connectivity index (χ2v) is 5.09. The number of aliphatic carboxylic acids is 1. The Morgan fingerprint density at radius 1 is 1.56 bits per heavy atom. The van der Waals surface area contributed by atoms with Crippen molar-refractivity contribution in [3.8, 4) is 0 Å². The number of nitrogens with one attached hydrogen (secondary N) is 1. The molecule has 2 N–H and O–H groups in total. The molecule has 2 aromatic rings. The summed E-state index contributed by atoms with van der Waals surface area (Å²) >= 11 is 1.56. The highest BCUT2D eigenvalue weighted by molar-refractivity contribution is 7.10. The van der Waals surface area contributed by atoms with E-state index in [0.717, 1.165) is 10.4 Å². The molecule has 96 valence electrons. The number of carboxylic acids is 1. The Labute approximate surface area is 109 Å². The molecule has 2 unspecified atom stereocenters. The maximum atomic E-state index is 10.9. The van der Waals surface area contributed by atoms with Gasteiger partial charge in [-0.15, -0.1) is 11.3 Å². The third kappa shape index (κ3) is 3.21. The van der Waals surface area contributed by atoms with Crippen LogP contribution in [0.15, 0.2) is 40.5 Å². The molecule has 2 aromatic heterocycles. The van der Waals surface area contributed by atoms with Crippen molar-refractivity contribution in [1.29, 1.82) is 0 Å². The average molecular weight is 265 g/mol. The van der Waals surface area contributed by atoms with Gasteiger partial charge in [0.05, 0.1) is 25.0 Å². The van der Waals surface area contributed by atoms with Gasteiger partial charge in [0.25, 0.3) is 0 Å². The van der Waals surface area contributed by atoms with E-state index in [-0.39, 0.29) is 18.5 Å². The number of carboxylic acid groups (broad SMARTS) is 1. The van der Waals surface area contributed by atoms with Gasteiger partial charge in [-0.25, -0.2) is 0 Å². The number of hydrogen-bond acceptors (Lipinski definition) is 4. The monoisotopic (exact) mass is 265 g/mol. The van der Waals surface area contributed by atoms with Gasteiger partial charge in [0.15, 0.2) is 0 Å². The van der Waals surface area contributed by atoms with Crippen LogP contribution in [0.25, 0.3) is 0 Å². The summed E-state index contributed by atoms with van der Waals surface area (Å²) in [6.45, 7) is 1.99. The molecule has 0 aromatic carbocycles. The van der Waals surface area contributed by atoms with Crippen LogP contribution in [-0.2, 0) is 4.79 Å². The average Bonchev–Trinajstić information content (AvgIpc) is 3.01. The summed E-state index contributed by atoms with van der Waals surface area (Å²) in [6, 6.07) is 5.64. The Bertz CT molecular complexity index is 478. The summed E-state index contributed by atoms with van der Waals surface area (Å²) < 4.78 is 5.04. The Kier molecular flexibility index (Phi) is 4.17. The molecule has 5 heteroatoms. The number of thiophene rings is 1. The van der Waals surface area contributed by atoms with Crippen LogP contribution in [0.5, 0.6) is 0 Å². The molecule has 2 atom stereocenters. The van der Waals surface area contributed by atoms with E-state index in [4.69, 9.17) is 9.52 Å². The van der Waals surface area contributed by atoms with Gasteiger partial charge >= 0.3 is 5.97 Å². The molecule has 0 saturated heterocycles. The van der Waals surface area contributed by atoms with Gasteiger partial charge in [-0.3, -0.25) is 4.79 Å². The zero-order valence-corrected chi connectivity index (χ0v) is 10.8. The van der Waals surface area contributed by atoms with Crippen LogP contribution < -0.4 is 5.32 Å². The van der Waals surface area contributed by atoms with Crippen molar-refractivity contribution >= 4 is 17.3 Å². The van der Waals surface area contributed by atoms with Crippen molar-refractivity contribution in [3.63, 3.8) is 0 Å². The lowest BCUT2D eigenvalue weighted by Crippen LogP contribution is -2.25. The summed E-state index contributed by atoms with van der Waals surface area (Å²) in [7, 11) is 0. The van der Waals surface area contributed by atoms with Crippen LogP contribution in [0.4, 0.5) is 0 Å². The van der Waals surface area contributed by atoms with Gasteiger partial charge in [-0.1, -0.05) is 6.07 Å². The SMILES string of the molecule is CC(NC(CC(=O)O)c1cccs1)c1ccoc1. The highest BCUT2D eigenvalue weighted by Gasteiger charge is 2.19. The van der Waals surface area contributed by atoms with Crippen molar-refractivity contribution in [2.75, 3.05) is 0 Å². The first-order valence-corrected chi connectivity index (χ1v) is 6.58. The third-order valence-corrected chi connectivity index (χ3v) is 3.75. The number of carbonyl (C=O) groups is 1. The summed E-state index contributed by atoms with van der Waals surface area (Å²) in [5.41, 5.74) is 1.02. The van der Waals surface area contributed by atoms with Crippen molar-refractivity contribution in [2.45, 2.75) is 25.4 Å². The molecule has 4 nitrogen and oxygen atoms in total. The van der Waals surface area contributed by atoms with Gasteiger partial charge in [0, 0.05) is 16.5 Å². The molecular formula is C13H15NO3S. The van der Waals surface area contributed by atoms with Gasteiger partial charge < -0.3 is 14.8 Å². The second-order valence-electron chi connectivity index (χ2n) is 4.11. The summed E-state index contributed by atoms with van der Waals surface area (Å²) in [5, 5.41) is 14.2. The molecule has 0 saturated carbocycles. The fraction of sp³-hybridized carbons (Fsp3) is 0.308. The molecule has 0 aliphatic rings. The number of rotatable bonds is 6. The van der Waals surface area contributed by atoms with E-state index in [9.17, 15) is 4.79 Å². The molecule has 0 amide bonds. The summed E-state index contributed by atoms with van der Waals surface area (Å²) in [6.07, 6.45) is 3.36. The van der Waals surface area contributed by atoms with Gasteiger partial charge in [-0.2, -0.15) is 0 Å². The van der Waals surface area contributed by atoms with E-state index in [1.165, 1.54) is 0 Å². The smallest absolute Gasteiger partial charge is 0.305 e. The predicted molar refractivity (Wildman–Crippen MR) is 69.6 cm³/mol. The normalized spacial score (nSPS) is 14.3. The molecule has 2 heterocycles.